The zero-order chi connectivity index (χ0) is 13.0. The Morgan fingerprint density at radius 2 is 2.11 bits per heavy atom. The zero-order valence-corrected chi connectivity index (χ0v) is 11.2. The van der Waals surface area contributed by atoms with E-state index >= 15 is 0 Å². The number of benzene rings is 1. The van der Waals surface area contributed by atoms with Crippen LogP contribution in [0.25, 0.3) is 0 Å². The van der Waals surface area contributed by atoms with Crippen molar-refractivity contribution in [1.29, 1.82) is 0 Å². The lowest BCUT2D eigenvalue weighted by molar-refractivity contribution is -0.166. The van der Waals surface area contributed by atoms with Gasteiger partial charge in [0.15, 0.2) is 6.29 Å². The lowest BCUT2D eigenvalue weighted by Crippen LogP contribution is -2.29. The Labute approximate surface area is 109 Å². The Hall–Kier alpha value is -0.900. The van der Waals surface area contributed by atoms with Crippen LogP contribution in [0.3, 0.4) is 0 Å². The zero-order valence-electron chi connectivity index (χ0n) is 11.2. The molecule has 1 aliphatic heterocycles. The molecule has 0 saturated carbocycles. The van der Waals surface area contributed by atoms with E-state index in [9.17, 15) is 0 Å². The minimum Gasteiger partial charge on any atom is -0.394 e. The van der Waals surface area contributed by atoms with Gasteiger partial charge in [0.1, 0.15) is 0 Å². The molecular formula is C15H22O3. The van der Waals surface area contributed by atoms with E-state index in [1.54, 1.807) is 0 Å². The molecule has 0 aromatic heterocycles. The summed E-state index contributed by atoms with van der Waals surface area (Å²) in [6, 6.07) is 8.58. The Bertz CT molecular complexity index is 374. The van der Waals surface area contributed by atoms with Crippen LogP contribution >= 0.6 is 0 Å². The van der Waals surface area contributed by atoms with Crippen LogP contribution in [0.5, 0.6) is 0 Å². The van der Waals surface area contributed by atoms with Crippen molar-refractivity contribution >= 4 is 0 Å². The molecule has 0 aliphatic carbocycles. The summed E-state index contributed by atoms with van der Waals surface area (Å²) in [5.74, 6) is 0. The predicted octanol–water partition coefficient (Wildman–Crippen LogP) is 2.44. The Balaban J connectivity index is 1.91. The van der Waals surface area contributed by atoms with Gasteiger partial charge in [-0.25, -0.2) is 0 Å². The van der Waals surface area contributed by atoms with E-state index in [4.69, 9.17) is 14.6 Å². The van der Waals surface area contributed by atoms with Gasteiger partial charge < -0.3 is 14.6 Å². The maximum atomic E-state index is 8.74. The average Bonchev–Trinajstić information content (AvgIpc) is 2.71. The lowest BCUT2D eigenvalue weighted by Gasteiger charge is -2.25. The van der Waals surface area contributed by atoms with Gasteiger partial charge >= 0.3 is 0 Å². The van der Waals surface area contributed by atoms with E-state index in [-0.39, 0.29) is 18.5 Å². The maximum Gasteiger partial charge on any atom is 0.158 e. The molecule has 1 fully saturated rings. The van der Waals surface area contributed by atoms with Gasteiger partial charge in [0.25, 0.3) is 0 Å². The van der Waals surface area contributed by atoms with E-state index in [0.717, 1.165) is 19.3 Å². The van der Waals surface area contributed by atoms with Crippen LogP contribution in [0.2, 0.25) is 0 Å². The average molecular weight is 250 g/mol. The molecule has 1 aromatic rings. The first kappa shape index (κ1) is 13.5. The van der Waals surface area contributed by atoms with Crippen molar-refractivity contribution in [2.45, 2.75) is 45.0 Å². The largest absolute Gasteiger partial charge is 0.394 e. The van der Waals surface area contributed by atoms with Gasteiger partial charge in [0.05, 0.1) is 18.8 Å². The highest BCUT2D eigenvalue weighted by Crippen LogP contribution is 2.33. The molecule has 0 amide bonds. The summed E-state index contributed by atoms with van der Waals surface area (Å²) in [5, 5.41) is 8.74. The van der Waals surface area contributed by atoms with Crippen molar-refractivity contribution in [2.75, 3.05) is 13.2 Å². The van der Waals surface area contributed by atoms with Crippen LogP contribution in [0, 0.1) is 6.92 Å². The molecule has 1 N–H and O–H groups in total. The van der Waals surface area contributed by atoms with Gasteiger partial charge in [-0.15, -0.1) is 0 Å². The molecule has 18 heavy (non-hydrogen) atoms. The summed E-state index contributed by atoms with van der Waals surface area (Å²) in [6.07, 6.45) is 2.65. The van der Waals surface area contributed by atoms with Gasteiger partial charge in [0, 0.05) is 12.8 Å². The number of hydrogen-bond acceptors (Lipinski definition) is 3. The van der Waals surface area contributed by atoms with Gasteiger partial charge in [0.2, 0.25) is 0 Å². The molecule has 0 bridgehead atoms. The fourth-order valence-corrected chi connectivity index (χ4v) is 2.43. The summed E-state index contributed by atoms with van der Waals surface area (Å²) < 4.78 is 11.4. The van der Waals surface area contributed by atoms with E-state index in [1.165, 1.54) is 11.1 Å². The normalized spacial score (nSPS) is 27.6. The van der Waals surface area contributed by atoms with E-state index in [0.29, 0.717) is 6.61 Å². The summed E-state index contributed by atoms with van der Waals surface area (Å²) in [5.41, 5.74) is 2.43. The van der Waals surface area contributed by atoms with E-state index < -0.39 is 0 Å². The second kappa shape index (κ2) is 5.83. The molecule has 0 radical (unpaired) electrons. The van der Waals surface area contributed by atoms with Crippen LogP contribution in [0.4, 0.5) is 0 Å². The molecule has 2 unspecified atom stereocenters. The SMILES string of the molecule is Cc1ccc(CC2(C)CCC(OCCO)O2)cc1. The topological polar surface area (TPSA) is 38.7 Å². The van der Waals surface area contributed by atoms with Crippen LogP contribution in [0.15, 0.2) is 24.3 Å². The summed E-state index contributed by atoms with van der Waals surface area (Å²) in [6.45, 7) is 4.63. The van der Waals surface area contributed by atoms with Crippen LogP contribution in [0.1, 0.15) is 30.9 Å². The van der Waals surface area contributed by atoms with Crippen molar-refractivity contribution < 1.29 is 14.6 Å². The highest BCUT2D eigenvalue weighted by atomic mass is 16.7. The van der Waals surface area contributed by atoms with Crippen LogP contribution in [-0.4, -0.2) is 30.2 Å². The van der Waals surface area contributed by atoms with Crippen molar-refractivity contribution in [2.24, 2.45) is 0 Å². The van der Waals surface area contributed by atoms with Crippen LogP contribution < -0.4 is 0 Å². The number of aliphatic hydroxyl groups excluding tert-OH is 1. The third kappa shape index (κ3) is 3.55. The highest BCUT2D eigenvalue weighted by Gasteiger charge is 2.36. The summed E-state index contributed by atoms with van der Waals surface area (Å²) >= 11 is 0. The first-order valence-corrected chi connectivity index (χ1v) is 6.57. The van der Waals surface area contributed by atoms with Gasteiger partial charge in [-0.1, -0.05) is 29.8 Å². The number of aryl methyl sites for hydroxylation is 1. The summed E-state index contributed by atoms with van der Waals surface area (Å²) in [4.78, 5) is 0. The predicted molar refractivity (Wildman–Crippen MR) is 70.4 cm³/mol. The number of rotatable bonds is 5. The number of aliphatic hydroxyl groups is 1. The number of ether oxygens (including phenoxy) is 2. The minimum atomic E-state index is -0.160. The Kier molecular flexibility index (Phi) is 4.38. The molecule has 3 heteroatoms. The summed E-state index contributed by atoms with van der Waals surface area (Å²) in [7, 11) is 0. The van der Waals surface area contributed by atoms with E-state index in [1.807, 2.05) is 0 Å². The van der Waals surface area contributed by atoms with E-state index in [2.05, 4.69) is 38.1 Å². The fraction of sp³-hybridized carbons (Fsp3) is 0.600. The molecule has 1 aliphatic rings. The van der Waals surface area contributed by atoms with Gasteiger partial charge in [-0.05, 0) is 25.8 Å². The van der Waals surface area contributed by atoms with Gasteiger partial charge in [-0.2, -0.15) is 0 Å². The van der Waals surface area contributed by atoms with Crippen LogP contribution in [-0.2, 0) is 15.9 Å². The molecule has 2 atom stereocenters. The van der Waals surface area contributed by atoms with Crippen molar-refractivity contribution in [3.05, 3.63) is 35.4 Å². The fourth-order valence-electron chi connectivity index (χ4n) is 2.43. The van der Waals surface area contributed by atoms with Gasteiger partial charge in [-0.3, -0.25) is 0 Å². The maximum absolute atomic E-state index is 8.74. The second-order valence-electron chi connectivity index (χ2n) is 5.29. The monoisotopic (exact) mass is 250 g/mol. The Morgan fingerprint density at radius 3 is 2.78 bits per heavy atom. The van der Waals surface area contributed by atoms with Crippen molar-refractivity contribution in [3.63, 3.8) is 0 Å². The van der Waals surface area contributed by atoms with Crippen molar-refractivity contribution in [3.8, 4) is 0 Å². The third-order valence-corrected chi connectivity index (χ3v) is 3.42. The highest BCUT2D eigenvalue weighted by molar-refractivity contribution is 5.22. The second-order valence-corrected chi connectivity index (χ2v) is 5.29. The molecule has 1 saturated heterocycles. The standard InChI is InChI=1S/C15H22O3/c1-12-3-5-13(6-4-12)11-15(2)8-7-14(18-15)17-10-9-16/h3-6,14,16H,7-11H2,1-2H3. The lowest BCUT2D eigenvalue weighted by atomic mass is 9.93. The quantitative estimate of drug-likeness (QED) is 0.872. The smallest absolute Gasteiger partial charge is 0.158 e. The molecular weight excluding hydrogens is 228 g/mol. The molecule has 3 nitrogen and oxygen atoms in total. The van der Waals surface area contributed by atoms with Crippen molar-refractivity contribution in [1.82, 2.24) is 0 Å². The first-order valence-electron chi connectivity index (χ1n) is 6.57. The molecule has 1 heterocycles. The Morgan fingerprint density at radius 1 is 1.39 bits per heavy atom. The third-order valence-electron chi connectivity index (χ3n) is 3.42. The first-order chi connectivity index (χ1) is 8.61. The minimum absolute atomic E-state index is 0.0501. The number of hydrogen-bond donors (Lipinski definition) is 1. The molecule has 2 rings (SSSR count). The molecule has 0 spiro atoms. The molecule has 100 valence electrons. The molecule has 1 aromatic carbocycles.